The van der Waals surface area contributed by atoms with Crippen LogP contribution in [0.25, 0.3) is 11.0 Å². The second-order valence-electron chi connectivity index (χ2n) is 7.40. The Hall–Kier alpha value is -1.86. The first kappa shape index (κ1) is 19.5. The molecule has 148 valence electrons. The molecule has 1 N–H and O–H groups in total. The summed E-state index contributed by atoms with van der Waals surface area (Å²) in [6.45, 7) is 3.91. The second kappa shape index (κ2) is 7.52. The van der Waals surface area contributed by atoms with Crippen molar-refractivity contribution in [2.45, 2.75) is 30.7 Å². The molecule has 1 aliphatic heterocycles. The number of furan rings is 1. The van der Waals surface area contributed by atoms with Gasteiger partial charge in [0.2, 0.25) is 10.0 Å². The van der Waals surface area contributed by atoms with Crippen molar-refractivity contribution in [3.05, 3.63) is 64.4 Å². The van der Waals surface area contributed by atoms with Crippen LogP contribution < -0.4 is 4.72 Å². The normalized spacial score (nSPS) is 16.2. The van der Waals surface area contributed by atoms with Crippen molar-refractivity contribution in [3.63, 3.8) is 0 Å². The van der Waals surface area contributed by atoms with Gasteiger partial charge in [-0.3, -0.25) is 0 Å². The fraction of sp³-hybridized carbons (Fsp3) is 0.333. The molecule has 4 rings (SSSR count). The zero-order valence-electron chi connectivity index (χ0n) is 15.9. The number of benzene rings is 2. The molecular weight excluding hydrogens is 396 g/mol. The molecule has 1 aliphatic rings. The number of hydrogen-bond acceptors (Lipinski definition) is 4. The van der Waals surface area contributed by atoms with Crippen LogP contribution in [-0.2, 0) is 23.0 Å². The van der Waals surface area contributed by atoms with Crippen LogP contribution in [0.15, 0.2) is 51.8 Å². The largest absolute Gasteiger partial charge is 0.460 e. The highest BCUT2D eigenvalue weighted by molar-refractivity contribution is 7.89. The molecule has 2 aromatic carbocycles. The summed E-state index contributed by atoms with van der Waals surface area (Å²) in [6, 6.07) is 12.2. The quantitative estimate of drug-likeness (QED) is 0.675. The van der Waals surface area contributed by atoms with Crippen LogP contribution in [0.2, 0.25) is 5.02 Å². The van der Waals surface area contributed by atoms with E-state index in [1.54, 1.807) is 30.3 Å². The van der Waals surface area contributed by atoms with Gasteiger partial charge in [-0.25, -0.2) is 13.1 Å². The van der Waals surface area contributed by atoms with E-state index in [0.29, 0.717) is 0 Å². The zero-order chi connectivity index (χ0) is 19.9. The van der Waals surface area contributed by atoms with E-state index in [1.165, 1.54) is 0 Å². The van der Waals surface area contributed by atoms with E-state index >= 15 is 0 Å². The first-order chi connectivity index (χ1) is 13.4. The summed E-state index contributed by atoms with van der Waals surface area (Å²) in [7, 11) is -1.48. The summed E-state index contributed by atoms with van der Waals surface area (Å²) in [5.74, 6) is 0.710. The van der Waals surface area contributed by atoms with Crippen LogP contribution in [0.1, 0.15) is 29.7 Å². The molecule has 0 spiro atoms. The number of likely N-dealkylation sites (N-methyl/N-ethyl adjacent to an activating group) is 1. The van der Waals surface area contributed by atoms with Gasteiger partial charge in [0.1, 0.15) is 11.3 Å². The summed E-state index contributed by atoms with van der Waals surface area (Å²) in [4.78, 5) is 2.50. The molecule has 0 fully saturated rings. The van der Waals surface area contributed by atoms with Crippen molar-refractivity contribution >= 4 is 32.6 Å². The SMILES string of the molecule is CC(CNS(=O)(=O)c1ccccc1)c1oc2ccc(Cl)c3c2c1CN(C)CC3. The Morgan fingerprint density at radius 3 is 2.68 bits per heavy atom. The summed E-state index contributed by atoms with van der Waals surface area (Å²) >= 11 is 6.46. The minimum absolute atomic E-state index is 0.112. The lowest BCUT2D eigenvalue weighted by molar-refractivity contribution is 0.330. The number of sulfonamides is 1. The van der Waals surface area contributed by atoms with Gasteiger partial charge >= 0.3 is 0 Å². The molecule has 0 aliphatic carbocycles. The highest BCUT2D eigenvalue weighted by atomic mass is 35.5. The van der Waals surface area contributed by atoms with Gasteiger partial charge in [-0.05, 0) is 43.3 Å². The molecule has 1 atom stereocenters. The summed E-state index contributed by atoms with van der Waals surface area (Å²) in [5, 5.41) is 1.85. The Bertz CT molecular complexity index is 1110. The number of nitrogens with one attached hydrogen (secondary N) is 1. The van der Waals surface area contributed by atoms with Gasteiger partial charge in [0.15, 0.2) is 0 Å². The van der Waals surface area contributed by atoms with Crippen LogP contribution in [0, 0.1) is 0 Å². The maximum absolute atomic E-state index is 12.5. The third-order valence-electron chi connectivity index (χ3n) is 5.29. The van der Waals surface area contributed by atoms with E-state index in [0.717, 1.165) is 52.4 Å². The molecule has 1 aromatic heterocycles. The smallest absolute Gasteiger partial charge is 0.240 e. The van der Waals surface area contributed by atoms with E-state index in [4.69, 9.17) is 16.0 Å². The molecule has 1 unspecified atom stereocenters. The molecule has 0 saturated carbocycles. The van der Waals surface area contributed by atoms with E-state index in [1.807, 2.05) is 19.1 Å². The fourth-order valence-corrected chi connectivity index (χ4v) is 5.19. The fourth-order valence-electron chi connectivity index (χ4n) is 3.78. The predicted octanol–water partition coefficient (Wildman–Crippen LogP) is 4.16. The third kappa shape index (κ3) is 3.57. The lowest BCUT2D eigenvalue weighted by Gasteiger charge is -2.16. The number of nitrogens with zero attached hydrogens (tertiary/aromatic N) is 1. The monoisotopic (exact) mass is 418 g/mol. The maximum Gasteiger partial charge on any atom is 0.240 e. The van der Waals surface area contributed by atoms with Crippen LogP contribution in [0.3, 0.4) is 0 Å². The van der Waals surface area contributed by atoms with Gasteiger partial charge in [-0.2, -0.15) is 0 Å². The second-order valence-corrected chi connectivity index (χ2v) is 9.57. The molecule has 0 amide bonds. The first-order valence-electron chi connectivity index (χ1n) is 9.32. The Morgan fingerprint density at radius 1 is 1.18 bits per heavy atom. The Balaban J connectivity index is 1.66. The van der Waals surface area contributed by atoms with Crippen LogP contribution >= 0.6 is 11.6 Å². The van der Waals surface area contributed by atoms with Crippen molar-refractivity contribution in [2.75, 3.05) is 20.1 Å². The van der Waals surface area contributed by atoms with Crippen LogP contribution in [0.4, 0.5) is 0 Å². The number of hydrogen-bond donors (Lipinski definition) is 1. The molecule has 3 aromatic rings. The average molecular weight is 419 g/mol. The third-order valence-corrected chi connectivity index (χ3v) is 7.08. The van der Waals surface area contributed by atoms with E-state index in [-0.39, 0.29) is 17.4 Å². The Labute approximate surface area is 170 Å². The topological polar surface area (TPSA) is 62.6 Å². The van der Waals surface area contributed by atoms with E-state index < -0.39 is 10.0 Å². The van der Waals surface area contributed by atoms with Gasteiger partial charge in [-0.15, -0.1) is 0 Å². The van der Waals surface area contributed by atoms with Gasteiger partial charge in [0, 0.05) is 41.5 Å². The molecule has 7 heteroatoms. The predicted molar refractivity (Wildman–Crippen MR) is 111 cm³/mol. The number of rotatable bonds is 5. The van der Waals surface area contributed by atoms with Crippen LogP contribution in [-0.4, -0.2) is 33.5 Å². The Kier molecular flexibility index (Phi) is 5.22. The van der Waals surface area contributed by atoms with Gasteiger partial charge in [0.05, 0.1) is 4.90 Å². The average Bonchev–Trinajstić information content (AvgIpc) is 2.94. The summed E-state index contributed by atoms with van der Waals surface area (Å²) < 4.78 is 34.0. The minimum atomic E-state index is -3.56. The zero-order valence-corrected chi connectivity index (χ0v) is 17.5. The molecule has 28 heavy (non-hydrogen) atoms. The molecule has 2 heterocycles. The van der Waals surface area contributed by atoms with Gasteiger partial charge in [-0.1, -0.05) is 36.7 Å². The summed E-state index contributed by atoms with van der Waals surface area (Å²) in [6.07, 6.45) is 0.869. The van der Waals surface area contributed by atoms with Crippen molar-refractivity contribution in [1.82, 2.24) is 9.62 Å². The molecule has 5 nitrogen and oxygen atoms in total. The van der Waals surface area contributed by atoms with Crippen molar-refractivity contribution in [1.29, 1.82) is 0 Å². The molecule has 0 radical (unpaired) electrons. The standard InChI is InChI=1S/C21H23ClN2O3S/c1-14(12-23-28(25,26)15-6-4-3-5-7-15)21-17-13-24(2)11-10-16-18(22)8-9-19(27-21)20(16)17/h3-9,14,23H,10-13H2,1-2H3. The lowest BCUT2D eigenvalue weighted by atomic mass is 9.99. The van der Waals surface area contributed by atoms with Crippen LogP contribution in [0.5, 0.6) is 0 Å². The molecule has 0 bridgehead atoms. The van der Waals surface area contributed by atoms with Gasteiger partial charge in [0.25, 0.3) is 0 Å². The Morgan fingerprint density at radius 2 is 1.93 bits per heavy atom. The van der Waals surface area contributed by atoms with E-state index in [2.05, 4.69) is 16.7 Å². The molecule has 0 saturated heterocycles. The first-order valence-corrected chi connectivity index (χ1v) is 11.2. The highest BCUT2D eigenvalue weighted by Gasteiger charge is 2.26. The van der Waals surface area contributed by atoms with Crippen molar-refractivity contribution in [2.24, 2.45) is 0 Å². The minimum Gasteiger partial charge on any atom is -0.460 e. The van der Waals surface area contributed by atoms with Crippen molar-refractivity contribution < 1.29 is 12.8 Å². The van der Waals surface area contributed by atoms with Gasteiger partial charge < -0.3 is 9.32 Å². The summed E-state index contributed by atoms with van der Waals surface area (Å²) in [5.41, 5.74) is 3.04. The highest BCUT2D eigenvalue weighted by Crippen LogP contribution is 2.38. The maximum atomic E-state index is 12.5. The van der Waals surface area contributed by atoms with E-state index in [9.17, 15) is 8.42 Å². The lowest BCUT2D eigenvalue weighted by Crippen LogP contribution is -2.28. The van der Waals surface area contributed by atoms with Crippen molar-refractivity contribution in [3.8, 4) is 0 Å². The number of halogens is 1. The molecular formula is C21H23ClN2O3S.